The number of thiophene rings is 1. The number of carbonyl (C=O) groups excluding carboxylic acids is 1. The van der Waals surface area contributed by atoms with Crippen LogP contribution in [0, 0.1) is 5.82 Å². The summed E-state index contributed by atoms with van der Waals surface area (Å²) in [5, 5.41) is 12.1. The van der Waals surface area contributed by atoms with Crippen LogP contribution in [-0.4, -0.2) is 17.7 Å². The number of halogens is 1. The number of aliphatic hydroxyl groups is 1. The number of benzene rings is 1. The van der Waals surface area contributed by atoms with Crippen molar-refractivity contribution in [3.8, 4) is 0 Å². The van der Waals surface area contributed by atoms with E-state index in [9.17, 15) is 14.3 Å². The Hall–Kier alpha value is -1.46. The molecule has 0 aliphatic carbocycles. The lowest BCUT2D eigenvalue weighted by Crippen LogP contribution is -2.15. The van der Waals surface area contributed by atoms with Crippen molar-refractivity contribution in [1.29, 1.82) is 0 Å². The van der Waals surface area contributed by atoms with E-state index in [1.807, 2.05) is 0 Å². The molecule has 17 heavy (non-hydrogen) atoms. The van der Waals surface area contributed by atoms with E-state index in [1.165, 1.54) is 17.4 Å². The molecule has 0 amide bonds. The van der Waals surface area contributed by atoms with E-state index in [4.69, 9.17) is 0 Å². The number of ether oxygens (including phenoxy) is 1. The molecule has 90 valence electrons. The first-order valence-corrected chi connectivity index (χ1v) is 6.02. The SMILES string of the molecule is CCOC(=O)C(O)c1cc(F)c2sccc2c1. The van der Waals surface area contributed by atoms with Crippen LogP contribution >= 0.6 is 11.3 Å². The molecule has 0 bridgehead atoms. The Balaban J connectivity index is 2.38. The van der Waals surface area contributed by atoms with Gasteiger partial charge in [-0.2, -0.15) is 0 Å². The van der Waals surface area contributed by atoms with E-state index in [0.29, 0.717) is 10.1 Å². The van der Waals surface area contributed by atoms with Gasteiger partial charge in [0.15, 0.2) is 6.10 Å². The largest absolute Gasteiger partial charge is 0.464 e. The molecule has 1 aromatic carbocycles. The average Bonchev–Trinajstić information content (AvgIpc) is 2.77. The second-order valence-corrected chi connectivity index (χ2v) is 4.41. The number of rotatable bonds is 3. The highest BCUT2D eigenvalue weighted by molar-refractivity contribution is 7.17. The van der Waals surface area contributed by atoms with Crippen molar-refractivity contribution in [2.75, 3.05) is 6.61 Å². The van der Waals surface area contributed by atoms with Crippen molar-refractivity contribution in [2.45, 2.75) is 13.0 Å². The molecule has 0 saturated heterocycles. The normalized spacial score (nSPS) is 12.6. The Morgan fingerprint density at radius 2 is 2.35 bits per heavy atom. The topological polar surface area (TPSA) is 46.5 Å². The van der Waals surface area contributed by atoms with Gasteiger partial charge in [0.1, 0.15) is 5.82 Å². The van der Waals surface area contributed by atoms with Crippen molar-refractivity contribution in [1.82, 2.24) is 0 Å². The molecule has 0 aliphatic rings. The van der Waals surface area contributed by atoms with Crippen LogP contribution in [0.15, 0.2) is 23.6 Å². The van der Waals surface area contributed by atoms with Crippen LogP contribution in [0.2, 0.25) is 0 Å². The first kappa shape index (κ1) is 12.0. The summed E-state index contributed by atoms with van der Waals surface area (Å²) in [5.74, 6) is -1.20. The fourth-order valence-electron chi connectivity index (χ4n) is 1.58. The van der Waals surface area contributed by atoms with E-state index in [2.05, 4.69) is 4.74 Å². The van der Waals surface area contributed by atoms with Crippen LogP contribution in [0.5, 0.6) is 0 Å². The minimum atomic E-state index is -1.44. The zero-order chi connectivity index (χ0) is 12.4. The molecule has 1 N–H and O–H groups in total. The molecule has 3 nitrogen and oxygen atoms in total. The van der Waals surface area contributed by atoms with Gasteiger partial charge in [0, 0.05) is 0 Å². The van der Waals surface area contributed by atoms with Gasteiger partial charge in [0.25, 0.3) is 0 Å². The molecular formula is C12H11FO3S. The van der Waals surface area contributed by atoms with Crippen molar-refractivity contribution >= 4 is 27.4 Å². The molecule has 1 heterocycles. The van der Waals surface area contributed by atoms with Crippen molar-refractivity contribution < 1.29 is 19.0 Å². The first-order valence-electron chi connectivity index (χ1n) is 5.15. The van der Waals surface area contributed by atoms with Crippen molar-refractivity contribution in [3.05, 3.63) is 35.0 Å². The Kier molecular flexibility index (Phi) is 3.40. The predicted octanol–water partition coefficient (Wildman–Crippen LogP) is 2.64. The first-order chi connectivity index (χ1) is 8.13. The van der Waals surface area contributed by atoms with E-state index in [-0.39, 0.29) is 12.2 Å². The summed E-state index contributed by atoms with van der Waals surface area (Å²) < 4.78 is 18.8. The maximum Gasteiger partial charge on any atom is 0.339 e. The lowest BCUT2D eigenvalue weighted by Gasteiger charge is -2.10. The monoisotopic (exact) mass is 254 g/mol. The Bertz CT molecular complexity index is 550. The van der Waals surface area contributed by atoms with Gasteiger partial charge in [-0.25, -0.2) is 9.18 Å². The predicted molar refractivity (Wildman–Crippen MR) is 63.4 cm³/mol. The lowest BCUT2D eigenvalue weighted by molar-refractivity contribution is -0.153. The van der Waals surface area contributed by atoms with Gasteiger partial charge in [-0.1, -0.05) is 0 Å². The van der Waals surface area contributed by atoms with E-state index >= 15 is 0 Å². The number of hydrogen-bond acceptors (Lipinski definition) is 4. The highest BCUT2D eigenvalue weighted by Gasteiger charge is 2.20. The number of hydrogen-bond donors (Lipinski definition) is 1. The number of fused-ring (bicyclic) bond motifs is 1. The average molecular weight is 254 g/mol. The van der Waals surface area contributed by atoms with Gasteiger partial charge in [0.05, 0.1) is 11.3 Å². The van der Waals surface area contributed by atoms with E-state index < -0.39 is 17.9 Å². The highest BCUT2D eigenvalue weighted by atomic mass is 32.1. The molecule has 0 aliphatic heterocycles. The fraction of sp³-hybridized carbons (Fsp3) is 0.250. The molecule has 0 spiro atoms. The van der Waals surface area contributed by atoms with Gasteiger partial charge in [0.2, 0.25) is 0 Å². The molecule has 5 heteroatoms. The number of esters is 1. The van der Waals surface area contributed by atoms with Crippen LogP contribution in [0.3, 0.4) is 0 Å². The van der Waals surface area contributed by atoms with Crippen molar-refractivity contribution in [3.63, 3.8) is 0 Å². The summed E-state index contributed by atoms with van der Waals surface area (Å²) in [7, 11) is 0. The van der Waals surface area contributed by atoms with Gasteiger partial charge >= 0.3 is 5.97 Å². The maximum atomic E-state index is 13.6. The molecule has 0 fully saturated rings. The smallest absolute Gasteiger partial charge is 0.339 e. The second kappa shape index (κ2) is 4.81. The maximum absolute atomic E-state index is 13.6. The Labute approximate surface area is 101 Å². The lowest BCUT2D eigenvalue weighted by atomic mass is 10.1. The zero-order valence-corrected chi connectivity index (χ0v) is 9.96. The van der Waals surface area contributed by atoms with E-state index in [0.717, 1.165) is 0 Å². The van der Waals surface area contributed by atoms with Crippen LogP contribution in [0.1, 0.15) is 18.6 Å². The quantitative estimate of drug-likeness (QED) is 0.856. The summed E-state index contributed by atoms with van der Waals surface area (Å²) >= 11 is 1.28. The van der Waals surface area contributed by atoms with Crippen LogP contribution in [0.4, 0.5) is 4.39 Å². The molecule has 0 saturated carbocycles. The summed E-state index contributed by atoms with van der Waals surface area (Å²) in [6, 6.07) is 4.50. The molecule has 0 radical (unpaired) electrons. The summed E-state index contributed by atoms with van der Waals surface area (Å²) in [4.78, 5) is 11.3. The molecule has 1 aromatic heterocycles. The van der Waals surface area contributed by atoms with Crippen LogP contribution in [0.25, 0.3) is 10.1 Å². The third-order valence-electron chi connectivity index (χ3n) is 2.35. The Morgan fingerprint density at radius 1 is 1.59 bits per heavy atom. The van der Waals surface area contributed by atoms with Crippen LogP contribution < -0.4 is 0 Å². The molecule has 2 rings (SSSR count). The van der Waals surface area contributed by atoms with Gasteiger partial charge < -0.3 is 9.84 Å². The summed E-state index contributed by atoms with van der Waals surface area (Å²) in [5.41, 5.74) is 0.215. The Morgan fingerprint density at radius 3 is 3.06 bits per heavy atom. The summed E-state index contributed by atoms with van der Waals surface area (Å²) in [6.45, 7) is 1.83. The summed E-state index contributed by atoms with van der Waals surface area (Å²) in [6.07, 6.45) is -1.44. The van der Waals surface area contributed by atoms with Crippen molar-refractivity contribution in [2.24, 2.45) is 0 Å². The minimum Gasteiger partial charge on any atom is -0.464 e. The van der Waals surface area contributed by atoms with E-state index in [1.54, 1.807) is 24.4 Å². The van der Waals surface area contributed by atoms with Crippen LogP contribution in [-0.2, 0) is 9.53 Å². The third-order valence-corrected chi connectivity index (χ3v) is 3.29. The number of carbonyl (C=O) groups is 1. The number of aliphatic hydroxyl groups excluding tert-OH is 1. The molecule has 2 aromatic rings. The molecular weight excluding hydrogens is 243 g/mol. The third kappa shape index (κ3) is 2.30. The second-order valence-electron chi connectivity index (χ2n) is 3.50. The minimum absolute atomic E-state index is 0.180. The molecule has 1 atom stereocenters. The zero-order valence-electron chi connectivity index (χ0n) is 9.14. The van der Waals surface area contributed by atoms with Gasteiger partial charge in [-0.3, -0.25) is 0 Å². The van der Waals surface area contributed by atoms with Gasteiger partial charge in [-0.15, -0.1) is 11.3 Å². The van der Waals surface area contributed by atoms with Gasteiger partial charge in [-0.05, 0) is 41.5 Å². The fourth-order valence-corrected chi connectivity index (χ4v) is 2.36. The molecule has 1 unspecified atom stereocenters. The highest BCUT2D eigenvalue weighted by Crippen LogP contribution is 2.28. The standard InChI is InChI=1S/C12H11FO3S/c1-2-16-12(15)10(14)8-5-7-3-4-17-11(7)9(13)6-8/h3-6,10,14H,2H2,1H3.